The van der Waals surface area contributed by atoms with E-state index in [0.717, 1.165) is 17.0 Å². The summed E-state index contributed by atoms with van der Waals surface area (Å²) in [7, 11) is 0. The van der Waals surface area contributed by atoms with Gasteiger partial charge >= 0.3 is 5.97 Å². The standard InChI is InChI=1S/C25H24N4O5/c1-16-19(4-3-5-21(16)34-17(2)30)24(31)28-10-12-29(13-11-28)25-26-9-8-20(27-25)18-6-7-22-23(14-18)33-15-32-22/h3-9,14H,10-13,15H2,1-2H3. The molecule has 1 aromatic heterocycles. The van der Waals surface area contributed by atoms with Gasteiger partial charge in [-0.05, 0) is 43.3 Å². The van der Waals surface area contributed by atoms with Crippen molar-refractivity contribution in [1.82, 2.24) is 14.9 Å². The van der Waals surface area contributed by atoms with Gasteiger partial charge in [-0.1, -0.05) is 6.07 Å². The Morgan fingerprint density at radius 3 is 2.59 bits per heavy atom. The number of anilines is 1. The van der Waals surface area contributed by atoms with E-state index in [-0.39, 0.29) is 12.7 Å². The van der Waals surface area contributed by atoms with Crippen molar-refractivity contribution in [2.75, 3.05) is 37.9 Å². The van der Waals surface area contributed by atoms with Gasteiger partial charge in [0.1, 0.15) is 5.75 Å². The van der Waals surface area contributed by atoms with Gasteiger partial charge in [-0.3, -0.25) is 9.59 Å². The predicted octanol–water partition coefficient (Wildman–Crippen LogP) is 3.07. The van der Waals surface area contributed by atoms with E-state index in [1.165, 1.54) is 6.92 Å². The number of ether oxygens (including phenoxy) is 3. The maximum atomic E-state index is 13.1. The molecule has 0 spiro atoms. The van der Waals surface area contributed by atoms with E-state index in [4.69, 9.17) is 19.2 Å². The van der Waals surface area contributed by atoms with Crippen LogP contribution in [0.2, 0.25) is 0 Å². The number of carbonyl (C=O) groups excluding carboxylic acids is 2. The second-order valence-electron chi connectivity index (χ2n) is 8.11. The van der Waals surface area contributed by atoms with E-state index in [9.17, 15) is 9.59 Å². The fourth-order valence-electron chi connectivity index (χ4n) is 4.11. The molecule has 174 valence electrons. The summed E-state index contributed by atoms with van der Waals surface area (Å²) >= 11 is 0. The van der Waals surface area contributed by atoms with Crippen LogP contribution in [0.1, 0.15) is 22.8 Å². The molecule has 0 radical (unpaired) electrons. The Labute approximate surface area is 196 Å². The highest BCUT2D eigenvalue weighted by Gasteiger charge is 2.25. The van der Waals surface area contributed by atoms with Crippen LogP contribution in [0, 0.1) is 6.92 Å². The fourth-order valence-corrected chi connectivity index (χ4v) is 4.11. The van der Waals surface area contributed by atoms with Crippen LogP contribution in [-0.4, -0.2) is 59.7 Å². The van der Waals surface area contributed by atoms with E-state index in [1.54, 1.807) is 36.2 Å². The molecular formula is C25H24N4O5. The van der Waals surface area contributed by atoms with E-state index < -0.39 is 5.97 Å². The summed E-state index contributed by atoms with van der Waals surface area (Å²) in [4.78, 5) is 37.5. The Kier molecular flexibility index (Phi) is 5.75. The summed E-state index contributed by atoms with van der Waals surface area (Å²) in [6.07, 6.45) is 1.74. The second kappa shape index (κ2) is 9.01. The number of rotatable bonds is 4. The summed E-state index contributed by atoms with van der Waals surface area (Å²) < 4.78 is 16.1. The van der Waals surface area contributed by atoms with Crippen molar-refractivity contribution >= 4 is 17.8 Å². The number of hydrogen-bond donors (Lipinski definition) is 0. The lowest BCUT2D eigenvalue weighted by atomic mass is 10.1. The number of amides is 1. The highest BCUT2D eigenvalue weighted by atomic mass is 16.7. The van der Waals surface area contributed by atoms with Crippen LogP contribution in [0.15, 0.2) is 48.7 Å². The largest absolute Gasteiger partial charge is 0.454 e. The van der Waals surface area contributed by atoms with E-state index in [0.29, 0.717) is 54.8 Å². The highest BCUT2D eigenvalue weighted by molar-refractivity contribution is 5.96. The lowest BCUT2D eigenvalue weighted by Gasteiger charge is -2.35. The zero-order chi connectivity index (χ0) is 23.7. The van der Waals surface area contributed by atoms with Gasteiger partial charge in [0.25, 0.3) is 5.91 Å². The molecule has 2 aliphatic rings. The van der Waals surface area contributed by atoms with Gasteiger partial charge in [0.2, 0.25) is 12.7 Å². The highest BCUT2D eigenvalue weighted by Crippen LogP contribution is 2.35. The second-order valence-corrected chi connectivity index (χ2v) is 8.11. The monoisotopic (exact) mass is 460 g/mol. The molecule has 2 aromatic carbocycles. The molecule has 0 saturated carbocycles. The molecule has 9 nitrogen and oxygen atoms in total. The fraction of sp³-hybridized carbons (Fsp3) is 0.280. The van der Waals surface area contributed by atoms with Crippen LogP contribution in [0.25, 0.3) is 11.3 Å². The minimum atomic E-state index is -0.413. The summed E-state index contributed by atoms with van der Waals surface area (Å²) in [6, 6.07) is 12.8. The van der Waals surface area contributed by atoms with Crippen LogP contribution in [0.5, 0.6) is 17.2 Å². The number of esters is 1. The van der Waals surface area contributed by atoms with Gasteiger partial charge in [0.15, 0.2) is 11.5 Å². The average molecular weight is 460 g/mol. The number of nitrogens with zero attached hydrogens (tertiary/aromatic N) is 4. The smallest absolute Gasteiger partial charge is 0.308 e. The molecule has 3 aromatic rings. The Bertz CT molecular complexity index is 1250. The van der Waals surface area contributed by atoms with E-state index in [2.05, 4.69) is 9.88 Å². The zero-order valence-electron chi connectivity index (χ0n) is 19.0. The van der Waals surface area contributed by atoms with E-state index >= 15 is 0 Å². The molecule has 9 heteroatoms. The van der Waals surface area contributed by atoms with Crippen molar-refractivity contribution in [2.45, 2.75) is 13.8 Å². The third kappa shape index (κ3) is 4.24. The normalized spacial score (nSPS) is 14.8. The lowest BCUT2D eigenvalue weighted by Crippen LogP contribution is -2.49. The van der Waals surface area contributed by atoms with Crippen molar-refractivity contribution in [2.24, 2.45) is 0 Å². The molecule has 34 heavy (non-hydrogen) atoms. The van der Waals surface area contributed by atoms with Gasteiger partial charge < -0.3 is 24.0 Å². The first-order chi connectivity index (χ1) is 16.5. The Hall–Kier alpha value is -4.14. The van der Waals surface area contributed by atoms with Crippen molar-refractivity contribution in [3.05, 3.63) is 59.8 Å². The molecule has 0 bridgehead atoms. The van der Waals surface area contributed by atoms with Crippen molar-refractivity contribution < 1.29 is 23.8 Å². The van der Waals surface area contributed by atoms with Crippen LogP contribution in [0.4, 0.5) is 5.95 Å². The minimum absolute atomic E-state index is 0.0822. The maximum Gasteiger partial charge on any atom is 0.308 e. The van der Waals surface area contributed by atoms with Crippen LogP contribution in [0.3, 0.4) is 0 Å². The predicted molar refractivity (Wildman–Crippen MR) is 124 cm³/mol. The third-order valence-electron chi connectivity index (χ3n) is 5.93. The molecule has 1 amide bonds. The SMILES string of the molecule is CC(=O)Oc1cccc(C(=O)N2CCN(c3nccc(-c4ccc5c(c4)OCO5)n3)CC2)c1C. The van der Waals surface area contributed by atoms with Crippen molar-refractivity contribution in [1.29, 1.82) is 0 Å². The maximum absolute atomic E-state index is 13.1. The molecule has 0 N–H and O–H groups in total. The molecule has 0 unspecified atom stereocenters. The van der Waals surface area contributed by atoms with Crippen LogP contribution in [-0.2, 0) is 4.79 Å². The molecule has 2 aliphatic heterocycles. The quantitative estimate of drug-likeness (QED) is 0.433. The molecule has 0 atom stereocenters. The minimum Gasteiger partial charge on any atom is -0.454 e. The molecular weight excluding hydrogens is 436 g/mol. The van der Waals surface area contributed by atoms with Gasteiger partial charge in [-0.25, -0.2) is 9.97 Å². The summed E-state index contributed by atoms with van der Waals surface area (Å²) in [5.74, 6) is 1.97. The number of hydrogen-bond acceptors (Lipinski definition) is 8. The van der Waals surface area contributed by atoms with Crippen molar-refractivity contribution in [3.8, 4) is 28.5 Å². The molecule has 0 aliphatic carbocycles. The molecule has 5 rings (SSSR count). The lowest BCUT2D eigenvalue weighted by molar-refractivity contribution is -0.131. The molecule has 3 heterocycles. The Morgan fingerprint density at radius 2 is 1.79 bits per heavy atom. The first-order valence-corrected chi connectivity index (χ1v) is 11.0. The van der Waals surface area contributed by atoms with Crippen molar-refractivity contribution in [3.63, 3.8) is 0 Å². The first kappa shape index (κ1) is 21.7. The molecule has 1 saturated heterocycles. The Balaban J connectivity index is 1.27. The molecule has 1 fully saturated rings. The topological polar surface area (TPSA) is 94.1 Å². The van der Waals surface area contributed by atoms with Gasteiger partial charge in [0, 0.05) is 56.0 Å². The summed E-state index contributed by atoms with van der Waals surface area (Å²) in [5, 5.41) is 0. The Morgan fingerprint density at radius 1 is 1.00 bits per heavy atom. The van der Waals surface area contributed by atoms with E-state index in [1.807, 2.05) is 24.3 Å². The third-order valence-corrected chi connectivity index (χ3v) is 5.93. The van der Waals surface area contributed by atoms with Crippen LogP contribution >= 0.6 is 0 Å². The number of aromatic nitrogens is 2. The zero-order valence-corrected chi connectivity index (χ0v) is 19.0. The number of piperazine rings is 1. The summed E-state index contributed by atoms with van der Waals surface area (Å²) in [5.41, 5.74) is 2.91. The number of carbonyl (C=O) groups is 2. The number of fused-ring (bicyclic) bond motifs is 1. The number of benzene rings is 2. The average Bonchev–Trinajstić information content (AvgIpc) is 3.33. The van der Waals surface area contributed by atoms with Gasteiger partial charge in [0.05, 0.1) is 5.69 Å². The summed E-state index contributed by atoms with van der Waals surface area (Å²) in [6.45, 7) is 5.65. The van der Waals surface area contributed by atoms with Gasteiger partial charge in [-0.15, -0.1) is 0 Å². The van der Waals surface area contributed by atoms with Gasteiger partial charge in [-0.2, -0.15) is 0 Å². The van der Waals surface area contributed by atoms with Crippen LogP contribution < -0.4 is 19.1 Å². The first-order valence-electron chi connectivity index (χ1n) is 11.0.